The summed E-state index contributed by atoms with van der Waals surface area (Å²) in [6.45, 7) is 9.98. The third-order valence-corrected chi connectivity index (χ3v) is 6.43. The molecular formula is C20H37N3O. The lowest BCUT2D eigenvalue weighted by Gasteiger charge is -2.36. The fourth-order valence-corrected chi connectivity index (χ4v) is 5.08. The molecule has 3 aliphatic rings. The van der Waals surface area contributed by atoms with Crippen LogP contribution in [0.3, 0.4) is 0 Å². The first-order chi connectivity index (χ1) is 11.7. The summed E-state index contributed by atoms with van der Waals surface area (Å²) in [4.78, 5) is 2.61. The predicted octanol–water partition coefficient (Wildman–Crippen LogP) is 2.35. The molecule has 0 radical (unpaired) electrons. The van der Waals surface area contributed by atoms with Gasteiger partial charge in [-0.05, 0) is 56.4 Å². The van der Waals surface area contributed by atoms with Gasteiger partial charge in [0.15, 0.2) is 0 Å². The Bertz CT molecular complexity index is 425. The van der Waals surface area contributed by atoms with E-state index in [0.717, 1.165) is 44.9 Å². The van der Waals surface area contributed by atoms with Gasteiger partial charge in [-0.2, -0.15) is 0 Å². The predicted molar refractivity (Wildman–Crippen MR) is 99.8 cm³/mol. The normalized spacial score (nSPS) is 33.8. The molecule has 5 atom stereocenters. The van der Waals surface area contributed by atoms with Crippen LogP contribution < -0.4 is 10.6 Å². The van der Waals surface area contributed by atoms with Gasteiger partial charge in [-0.3, -0.25) is 4.90 Å². The van der Waals surface area contributed by atoms with Crippen molar-refractivity contribution in [3.05, 3.63) is 11.6 Å². The monoisotopic (exact) mass is 335 g/mol. The standard InChI is InChI=1S/C20H37N3O/c1-3-7-16(19(24)4-2)14-23-11-6-8-15(13-23)18-12-22-20-17(18)9-5-10-21-20/h8,16-22,24H,3-7,9-14H2,1-2H3. The molecule has 3 heterocycles. The molecule has 3 rings (SSSR count). The molecule has 3 aliphatic heterocycles. The van der Waals surface area contributed by atoms with Crippen LogP contribution in [0.1, 0.15) is 52.4 Å². The second-order valence-electron chi connectivity index (χ2n) is 8.08. The van der Waals surface area contributed by atoms with Crippen LogP contribution in [-0.2, 0) is 0 Å². The highest BCUT2D eigenvalue weighted by Gasteiger charge is 2.39. The van der Waals surface area contributed by atoms with Crippen LogP contribution in [0, 0.1) is 17.8 Å². The molecule has 138 valence electrons. The molecule has 24 heavy (non-hydrogen) atoms. The number of nitrogens with zero attached hydrogens (tertiary/aromatic N) is 1. The van der Waals surface area contributed by atoms with E-state index < -0.39 is 0 Å². The van der Waals surface area contributed by atoms with Crippen LogP contribution in [0.15, 0.2) is 11.6 Å². The summed E-state index contributed by atoms with van der Waals surface area (Å²) in [5.74, 6) is 1.93. The molecule has 5 unspecified atom stereocenters. The SMILES string of the molecule is CCCC(CN1CCC=C(C2CNC3NCCCC32)C1)C(O)CC. The topological polar surface area (TPSA) is 47.5 Å². The first-order valence-corrected chi connectivity index (χ1v) is 10.3. The molecule has 0 aliphatic carbocycles. The molecule has 0 aromatic heterocycles. The zero-order valence-electron chi connectivity index (χ0n) is 15.6. The van der Waals surface area contributed by atoms with E-state index in [9.17, 15) is 5.11 Å². The highest BCUT2D eigenvalue weighted by molar-refractivity contribution is 5.17. The molecule has 4 heteroatoms. The van der Waals surface area contributed by atoms with Crippen molar-refractivity contribution in [1.82, 2.24) is 15.5 Å². The average molecular weight is 336 g/mol. The molecule has 0 amide bonds. The Morgan fingerprint density at radius 3 is 3.00 bits per heavy atom. The Kier molecular flexibility index (Phi) is 6.73. The maximum atomic E-state index is 10.4. The lowest BCUT2D eigenvalue weighted by Crippen LogP contribution is -2.46. The molecule has 0 spiro atoms. The quantitative estimate of drug-likeness (QED) is 0.625. The highest BCUT2D eigenvalue weighted by atomic mass is 16.3. The molecule has 2 saturated heterocycles. The Morgan fingerprint density at radius 1 is 1.33 bits per heavy atom. The third-order valence-electron chi connectivity index (χ3n) is 6.43. The first kappa shape index (κ1) is 18.4. The van der Waals surface area contributed by atoms with Crippen molar-refractivity contribution in [2.45, 2.75) is 64.6 Å². The minimum absolute atomic E-state index is 0.139. The van der Waals surface area contributed by atoms with Crippen molar-refractivity contribution in [2.24, 2.45) is 17.8 Å². The van der Waals surface area contributed by atoms with Crippen molar-refractivity contribution in [3.8, 4) is 0 Å². The number of aliphatic hydroxyl groups excluding tert-OH is 1. The van der Waals surface area contributed by atoms with Crippen LogP contribution >= 0.6 is 0 Å². The minimum Gasteiger partial charge on any atom is -0.393 e. The summed E-state index contributed by atoms with van der Waals surface area (Å²) in [6, 6.07) is 0. The maximum absolute atomic E-state index is 10.4. The van der Waals surface area contributed by atoms with Gasteiger partial charge in [0.1, 0.15) is 0 Å². The zero-order valence-corrected chi connectivity index (χ0v) is 15.6. The highest BCUT2D eigenvalue weighted by Crippen LogP contribution is 2.35. The number of fused-ring (bicyclic) bond motifs is 1. The summed E-state index contributed by atoms with van der Waals surface area (Å²) in [7, 11) is 0. The zero-order chi connectivity index (χ0) is 16.9. The van der Waals surface area contributed by atoms with Crippen molar-refractivity contribution >= 4 is 0 Å². The van der Waals surface area contributed by atoms with Gasteiger partial charge in [-0.15, -0.1) is 0 Å². The maximum Gasteiger partial charge on any atom is 0.0607 e. The fraction of sp³-hybridized carbons (Fsp3) is 0.900. The second kappa shape index (κ2) is 8.79. The lowest BCUT2D eigenvalue weighted by molar-refractivity contribution is 0.0709. The van der Waals surface area contributed by atoms with Gasteiger partial charge >= 0.3 is 0 Å². The first-order valence-electron chi connectivity index (χ1n) is 10.3. The molecule has 3 N–H and O–H groups in total. The number of hydrogen-bond donors (Lipinski definition) is 3. The Morgan fingerprint density at radius 2 is 2.21 bits per heavy atom. The number of nitrogens with one attached hydrogen (secondary N) is 2. The lowest BCUT2D eigenvalue weighted by atomic mass is 9.81. The second-order valence-corrected chi connectivity index (χ2v) is 8.08. The molecular weight excluding hydrogens is 298 g/mol. The van der Waals surface area contributed by atoms with Gasteiger partial charge in [0.2, 0.25) is 0 Å². The summed E-state index contributed by atoms with van der Waals surface area (Å²) in [6.07, 6.45) is 9.96. The van der Waals surface area contributed by atoms with E-state index >= 15 is 0 Å². The summed E-state index contributed by atoms with van der Waals surface area (Å²) in [5.41, 5.74) is 1.66. The van der Waals surface area contributed by atoms with Gasteiger partial charge in [0.25, 0.3) is 0 Å². The van der Waals surface area contributed by atoms with Gasteiger partial charge in [0, 0.05) is 26.2 Å². The van der Waals surface area contributed by atoms with Gasteiger partial charge in [-0.25, -0.2) is 0 Å². The minimum atomic E-state index is -0.139. The third kappa shape index (κ3) is 4.21. The molecule has 0 bridgehead atoms. The molecule has 0 aromatic carbocycles. The van der Waals surface area contributed by atoms with Crippen LogP contribution in [0.2, 0.25) is 0 Å². The summed E-state index contributed by atoms with van der Waals surface area (Å²) >= 11 is 0. The van der Waals surface area contributed by atoms with Crippen molar-refractivity contribution < 1.29 is 5.11 Å². The van der Waals surface area contributed by atoms with Crippen molar-refractivity contribution in [2.75, 3.05) is 32.7 Å². The molecule has 0 aromatic rings. The van der Waals surface area contributed by atoms with E-state index in [1.807, 2.05) is 0 Å². The summed E-state index contributed by atoms with van der Waals surface area (Å²) < 4.78 is 0. The van der Waals surface area contributed by atoms with E-state index in [1.165, 1.54) is 32.2 Å². The van der Waals surface area contributed by atoms with E-state index in [1.54, 1.807) is 5.57 Å². The van der Waals surface area contributed by atoms with E-state index in [4.69, 9.17) is 0 Å². The van der Waals surface area contributed by atoms with E-state index in [0.29, 0.717) is 18.0 Å². The number of aliphatic hydroxyl groups is 1. The van der Waals surface area contributed by atoms with Crippen molar-refractivity contribution in [1.29, 1.82) is 0 Å². The van der Waals surface area contributed by atoms with Crippen LogP contribution in [0.5, 0.6) is 0 Å². The number of rotatable bonds is 7. The van der Waals surface area contributed by atoms with E-state index in [2.05, 4.69) is 35.5 Å². The van der Waals surface area contributed by atoms with Crippen LogP contribution in [-0.4, -0.2) is 55.0 Å². The van der Waals surface area contributed by atoms with Gasteiger partial charge in [0.05, 0.1) is 12.3 Å². The Balaban J connectivity index is 1.58. The fourth-order valence-electron chi connectivity index (χ4n) is 5.08. The summed E-state index contributed by atoms with van der Waals surface area (Å²) in [5, 5.41) is 17.7. The van der Waals surface area contributed by atoms with Gasteiger partial charge < -0.3 is 15.7 Å². The van der Waals surface area contributed by atoms with Gasteiger partial charge in [-0.1, -0.05) is 31.9 Å². The van der Waals surface area contributed by atoms with E-state index in [-0.39, 0.29) is 6.10 Å². The van der Waals surface area contributed by atoms with Crippen LogP contribution in [0.25, 0.3) is 0 Å². The Labute approximate surface area is 148 Å². The number of piperidine rings is 1. The smallest absolute Gasteiger partial charge is 0.0607 e. The largest absolute Gasteiger partial charge is 0.393 e. The molecule has 2 fully saturated rings. The van der Waals surface area contributed by atoms with Crippen molar-refractivity contribution in [3.63, 3.8) is 0 Å². The average Bonchev–Trinajstić information content (AvgIpc) is 3.05. The number of hydrogen-bond acceptors (Lipinski definition) is 4. The Hall–Kier alpha value is -0.420. The molecule has 4 nitrogen and oxygen atoms in total. The molecule has 0 saturated carbocycles. The van der Waals surface area contributed by atoms with Crippen LogP contribution in [0.4, 0.5) is 0 Å².